The van der Waals surface area contributed by atoms with Crippen molar-refractivity contribution in [2.45, 2.75) is 45.1 Å². The fourth-order valence-corrected chi connectivity index (χ4v) is 2.54. The maximum atomic E-state index is 11.7. The molecule has 0 bridgehead atoms. The number of hydrogen-bond donors (Lipinski definition) is 1. The highest BCUT2D eigenvalue weighted by Gasteiger charge is 2.16. The molecule has 1 saturated carbocycles. The lowest BCUT2D eigenvalue weighted by Crippen LogP contribution is -2.38. The van der Waals surface area contributed by atoms with Gasteiger partial charge in [-0.15, -0.1) is 0 Å². The lowest BCUT2D eigenvalue weighted by Gasteiger charge is -2.22. The van der Waals surface area contributed by atoms with E-state index in [-0.39, 0.29) is 18.6 Å². The van der Waals surface area contributed by atoms with Crippen LogP contribution >= 0.6 is 0 Å². The average molecular weight is 301 g/mol. The number of benzene rings is 1. The summed E-state index contributed by atoms with van der Waals surface area (Å²) in [5.74, 6) is -0.719. The number of amides is 1. The van der Waals surface area contributed by atoms with Gasteiger partial charge in [0.2, 0.25) is 0 Å². The molecule has 1 amide bonds. The fourth-order valence-electron chi connectivity index (χ4n) is 2.54. The van der Waals surface area contributed by atoms with Gasteiger partial charge in [0.05, 0.1) is 0 Å². The van der Waals surface area contributed by atoms with Crippen LogP contribution in [-0.2, 0) is 14.3 Å². The number of esters is 1. The Balaban J connectivity index is 1.70. The summed E-state index contributed by atoms with van der Waals surface area (Å²) >= 11 is 0. The molecule has 22 heavy (non-hydrogen) atoms. The monoisotopic (exact) mass is 301 g/mol. The first-order valence-corrected chi connectivity index (χ1v) is 7.84. The molecular weight excluding hydrogens is 278 g/mol. The summed E-state index contributed by atoms with van der Waals surface area (Å²) in [7, 11) is 0. The summed E-state index contributed by atoms with van der Waals surface area (Å²) in [6.07, 6.45) is 8.62. The molecule has 4 nitrogen and oxygen atoms in total. The second-order valence-electron chi connectivity index (χ2n) is 5.75. The second-order valence-corrected chi connectivity index (χ2v) is 5.75. The Kier molecular flexibility index (Phi) is 6.19. The van der Waals surface area contributed by atoms with Crippen LogP contribution in [0.4, 0.5) is 0 Å². The molecule has 0 saturated heterocycles. The van der Waals surface area contributed by atoms with Crippen molar-refractivity contribution in [2.75, 3.05) is 6.61 Å². The van der Waals surface area contributed by atoms with Gasteiger partial charge in [0, 0.05) is 12.1 Å². The highest BCUT2D eigenvalue weighted by molar-refractivity contribution is 5.89. The molecular formula is C18H23NO3. The smallest absolute Gasteiger partial charge is 0.331 e. The highest BCUT2D eigenvalue weighted by Crippen LogP contribution is 2.17. The molecule has 1 aliphatic carbocycles. The quantitative estimate of drug-likeness (QED) is 0.672. The standard InChI is InChI=1S/C18H23NO3/c1-14-7-9-15(10-8-14)11-12-18(21)22-13-17(20)19-16-5-3-2-4-6-16/h7-12,16H,2-6,13H2,1H3,(H,19,20)/b12-11+. The van der Waals surface area contributed by atoms with Crippen LogP contribution in [0.2, 0.25) is 0 Å². The van der Waals surface area contributed by atoms with Gasteiger partial charge in [-0.25, -0.2) is 4.79 Å². The van der Waals surface area contributed by atoms with Crippen molar-refractivity contribution in [3.05, 3.63) is 41.5 Å². The summed E-state index contributed by atoms with van der Waals surface area (Å²) in [5, 5.41) is 2.91. The summed E-state index contributed by atoms with van der Waals surface area (Å²) in [6, 6.07) is 8.04. The van der Waals surface area contributed by atoms with Gasteiger partial charge in [0.15, 0.2) is 6.61 Å². The number of aryl methyl sites for hydroxylation is 1. The number of carbonyl (C=O) groups excluding carboxylic acids is 2. The van der Waals surface area contributed by atoms with Crippen LogP contribution in [-0.4, -0.2) is 24.5 Å². The Morgan fingerprint density at radius 3 is 2.55 bits per heavy atom. The van der Waals surface area contributed by atoms with E-state index in [1.165, 1.54) is 18.1 Å². The van der Waals surface area contributed by atoms with Crippen molar-refractivity contribution >= 4 is 18.0 Å². The molecule has 1 fully saturated rings. The molecule has 1 N–H and O–H groups in total. The zero-order valence-corrected chi connectivity index (χ0v) is 13.0. The molecule has 0 atom stereocenters. The van der Waals surface area contributed by atoms with Gasteiger partial charge in [0.25, 0.3) is 5.91 Å². The predicted molar refractivity (Wildman–Crippen MR) is 86.2 cm³/mol. The summed E-state index contributed by atoms with van der Waals surface area (Å²) in [5.41, 5.74) is 2.09. The molecule has 2 rings (SSSR count). The van der Waals surface area contributed by atoms with Crippen LogP contribution in [0.25, 0.3) is 6.08 Å². The fraction of sp³-hybridized carbons (Fsp3) is 0.444. The Morgan fingerprint density at radius 2 is 1.86 bits per heavy atom. The van der Waals surface area contributed by atoms with Crippen LogP contribution in [0, 0.1) is 6.92 Å². The lowest BCUT2D eigenvalue weighted by atomic mass is 9.95. The molecule has 0 aliphatic heterocycles. The molecule has 118 valence electrons. The number of nitrogens with one attached hydrogen (secondary N) is 1. The number of ether oxygens (including phenoxy) is 1. The van der Waals surface area contributed by atoms with Gasteiger partial charge in [-0.1, -0.05) is 49.1 Å². The van der Waals surface area contributed by atoms with Crippen molar-refractivity contribution in [1.82, 2.24) is 5.32 Å². The van der Waals surface area contributed by atoms with Crippen molar-refractivity contribution < 1.29 is 14.3 Å². The van der Waals surface area contributed by atoms with Crippen LogP contribution in [0.1, 0.15) is 43.2 Å². The summed E-state index contributed by atoms with van der Waals surface area (Å²) in [4.78, 5) is 23.3. The van der Waals surface area contributed by atoms with E-state index in [9.17, 15) is 9.59 Å². The molecule has 1 aromatic rings. The van der Waals surface area contributed by atoms with E-state index < -0.39 is 5.97 Å². The van der Waals surface area contributed by atoms with Crippen molar-refractivity contribution in [1.29, 1.82) is 0 Å². The molecule has 0 heterocycles. The van der Waals surface area contributed by atoms with E-state index in [4.69, 9.17) is 4.74 Å². The van der Waals surface area contributed by atoms with Crippen LogP contribution < -0.4 is 5.32 Å². The van der Waals surface area contributed by atoms with Gasteiger partial charge in [-0.05, 0) is 31.4 Å². The third kappa shape index (κ3) is 5.72. The van der Waals surface area contributed by atoms with E-state index in [1.54, 1.807) is 6.08 Å². The van der Waals surface area contributed by atoms with E-state index in [2.05, 4.69) is 5.32 Å². The summed E-state index contributed by atoms with van der Waals surface area (Å²) < 4.78 is 4.95. The molecule has 0 unspecified atom stereocenters. The Bertz CT molecular complexity index is 528. The largest absolute Gasteiger partial charge is 0.452 e. The number of rotatable bonds is 5. The molecule has 4 heteroatoms. The van der Waals surface area contributed by atoms with Gasteiger partial charge in [-0.3, -0.25) is 4.79 Å². The topological polar surface area (TPSA) is 55.4 Å². The van der Waals surface area contributed by atoms with Gasteiger partial charge >= 0.3 is 5.97 Å². The minimum Gasteiger partial charge on any atom is -0.452 e. The number of carbonyl (C=O) groups is 2. The van der Waals surface area contributed by atoms with E-state index in [1.807, 2.05) is 31.2 Å². The van der Waals surface area contributed by atoms with Gasteiger partial charge in [0.1, 0.15) is 0 Å². The molecule has 0 aromatic heterocycles. The molecule has 1 aliphatic rings. The first-order chi connectivity index (χ1) is 10.6. The SMILES string of the molecule is Cc1ccc(/C=C/C(=O)OCC(=O)NC2CCCCC2)cc1. The minimum atomic E-state index is -0.501. The maximum Gasteiger partial charge on any atom is 0.331 e. The molecule has 1 aromatic carbocycles. The average Bonchev–Trinajstić information content (AvgIpc) is 2.53. The third-order valence-electron chi connectivity index (χ3n) is 3.81. The zero-order valence-electron chi connectivity index (χ0n) is 13.0. The van der Waals surface area contributed by atoms with Crippen molar-refractivity contribution in [3.63, 3.8) is 0 Å². The number of hydrogen-bond acceptors (Lipinski definition) is 3. The van der Waals surface area contributed by atoms with Crippen LogP contribution in [0.15, 0.2) is 30.3 Å². The van der Waals surface area contributed by atoms with E-state index >= 15 is 0 Å². The first kappa shape index (κ1) is 16.3. The minimum absolute atomic E-state index is 0.215. The Morgan fingerprint density at radius 1 is 1.18 bits per heavy atom. The zero-order chi connectivity index (χ0) is 15.8. The van der Waals surface area contributed by atoms with E-state index in [0.29, 0.717) is 0 Å². The van der Waals surface area contributed by atoms with Crippen LogP contribution in [0.5, 0.6) is 0 Å². The molecule has 0 radical (unpaired) electrons. The molecule has 0 spiro atoms. The Labute approximate surface area is 131 Å². The first-order valence-electron chi connectivity index (χ1n) is 7.84. The lowest BCUT2D eigenvalue weighted by molar-refractivity contribution is -0.144. The predicted octanol–water partition coefficient (Wildman–Crippen LogP) is 3.00. The van der Waals surface area contributed by atoms with Crippen molar-refractivity contribution in [3.8, 4) is 0 Å². The normalized spacial score (nSPS) is 15.7. The van der Waals surface area contributed by atoms with Crippen molar-refractivity contribution in [2.24, 2.45) is 0 Å². The van der Waals surface area contributed by atoms with Crippen LogP contribution in [0.3, 0.4) is 0 Å². The third-order valence-corrected chi connectivity index (χ3v) is 3.81. The van der Waals surface area contributed by atoms with Gasteiger partial charge in [-0.2, -0.15) is 0 Å². The van der Waals surface area contributed by atoms with Gasteiger partial charge < -0.3 is 10.1 Å². The Hall–Kier alpha value is -2.10. The van der Waals surface area contributed by atoms with E-state index in [0.717, 1.165) is 31.2 Å². The maximum absolute atomic E-state index is 11.7. The highest BCUT2D eigenvalue weighted by atomic mass is 16.5. The second kappa shape index (κ2) is 8.37. The summed E-state index contributed by atoms with van der Waals surface area (Å²) in [6.45, 7) is 1.79.